The number of halogens is 3. The van der Waals surface area contributed by atoms with Crippen molar-refractivity contribution in [3.8, 4) is 16.9 Å². The normalized spacial score (nSPS) is 15.9. The zero-order valence-corrected chi connectivity index (χ0v) is 18.0. The molecule has 4 rings (SSSR count). The number of rotatable bonds is 7. The Bertz CT molecular complexity index is 1080. The van der Waals surface area contributed by atoms with E-state index in [0.717, 1.165) is 42.6 Å². The van der Waals surface area contributed by atoms with Crippen molar-refractivity contribution in [3.05, 3.63) is 89.5 Å². The molecule has 1 amide bonds. The van der Waals surface area contributed by atoms with Crippen molar-refractivity contribution in [2.45, 2.75) is 38.2 Å². The number of carbonyl (C=O) groups excluding carboxylic acids is 1. The van der Waals surface area contributed by atoms with Gasteiger partial charge in [0.2, 0.25) is 5.91 Å². The third-order valence-electron chi connectivity index (χ3n) is 5.65. The summed E-state index contributed by atoms with van der Waals surface area (Å²) < 4.78 is 45.9. The predicted molar refractivity (Wildman–Crippen MR) is 121 cm³/mol. The van der Waals surface area contributed by atoms with Crippen LogP contribution in [-0.2, 0) is 24.1 Å². The summed E-state index contributed by atoms with van der Waals surface area (Å²) >= 11 is 0. The van der Waals surface area contributed by atoms with Crippen LogP contribution in [0.25, 0.3) is 11.1 Å². The molecule has 4 nitrogen and oxygen atoms in total. The Morgan fingerprint density at radius 3 is 2.42 bits per heavy atom. The molecule has 3 aromatic rings. The first-order valence-electron chi connectivity index (χ1n) is 10.9. The minimum atomic E-state index is -4.45. The highest BCUT2D eigenvalue weighted by molar-refractivity contribution is 5.82. The van der Waals surface area contributed by atoms with Crippen molar-refractivity contribution >= 4 is 5.91 Å². The van der Waals surface area contributed by atoms with Crippen molar-refractivity contribution < 1.29 is 22.7 Å². The number of alkyl halides is 3. The van der Waals surface area contributed by atoms with E-state index in [1.54, 1.807) is 24.3 Å². The van der Waals surface area contributed by atoms with Crippen LogP contribution >= 0.6 is 0 Å². The lowest BCUT2D eigenvalue weighted by molar-refractivity contribution is -0.137. The number of benzene rings is 3. The smallest absolute Gasteiger partial charge is 0.416 e. The van der Waals surface area contributed by atoms with Crippen molar-refractivity contribution in [3.63, 3.8) is 0 Å². The van der Waals surface area contributed by atoms with Crippen LogP contribution in [0.4, 0.5) is 13.2 Å². The highest BCUT2D eigenvalue weighted by Gasteiger charge is 2.31. The van der Waals surface area contributed by atoms with Gasteiger partial charge in [-0.25, -0.2) is 0 Å². The maximum absolute atomic E-state index is 13.3. The molecule has 3 aromatic carbocycles. The molecule has 0 saturated carbocycles. The molecule has 33 heavy (non-hydrogen) atoms. The minimum absolute atomic E-state index is 0.0361. The monoisotopic (exact) mass is 454 g/mol. The SMILES string of the molecule is O=C(NCc1ccc(-c2cc(C(F)(F)F)ccc2OCc2ccccc2)cc1)[C@@H]1CCCN1. The first-order chi connectivity index (χ1) is 15.9. The Hall–Kier alpha value is -3.32. The number of ether oxygens (including phenoxy) is 1. The van der Waals surface area contributed by atoms with E-state index in [2.05, 4.69) is 10.6 Å². The van der Waals surface area contributed by atoms with Crippen LogP contribution in [0.15, 0.2) is 72.8 Å². The predicted octanol–water partition coefficient (Wildman–Crippen LogP) is 5.32. The molecule has 1 saturated heterocycles. The Kier molecular flexibility index (Phi) is 6.99. The van der Waals surface area contributed by atoms with Crippen LogP contribution in [0.1, 0.15) is 29.5 Å². The lowest BCUT2D eigenvalue weighted by atomic mass is 10.00. The van der Waals surface area contributed by atoms with Crippen LogP contribution in [0, 0.1) is 0 Å². The van der Waals surface area contributed by atoms with Gasteiger partial charge in [-0.15, -0.1) is 0 Å². The quantitative estimate of drug-likeness (QED) is 0.508. The van der Waals surface area contributed by atoms with Gasteiger partial charge in [-0.3, -0.25) is 4.79 Å². The fraction of sp³-hybridized carbons (Fsp3) is 0.269. The Morgan fingerprint density at radius 1 is 1.00 bits per heavy atom. The minimum Gasteiger partial charge on any atom is -0.488 e. The standard InChI is InChI=1S/C26H25F3N2O2/c27-26(28,29)21-12-13-24(33-17-19-5-2-1-3-6-19)22(15-21)20-10-8-18(9-11-20)16-31-25(32)23-7-4-14-30-23/h1-3,5-6,8-13,15,23,30H,4,7,14,16-17H2,(H,31,32)/t23-/m0/s1. The second kappa shape index (κ2) is 10.1. The summed E-state index contributed by atoms with van der Waals surface area (Å²) in [6.07, 6.45) is -2.64. The zero-order chi connectivity index (χ0) is 23.3. The Morgan fingerprint density at radius 2 is 1.76 bits per heavy atom. The van der Waals surface area contributed by atoms with Gasteiger partial charge in [-0.2, -0.15) is 13.2 Å². The molecule has 2 N–H and O–H groups in total. The molecule has 172 valence electrons. The molecular weight excluding hydrogens is 429 g/mol. The van der Waals surface area contributed by atoms with Gasteiger partial charge < -0.3 is 15.4 Å². The van der Waals surface area contributed by atoms with Crippen LogP contribution in [0.2, 0.25) is 0 Å². The number of amides is 1. The maximum atomic E-state index is 13.3. The number of nitrogens with one attached hydrogen (secondary N) is 2. The molecule has 0 unspecified atom stereocenters. The summed E-state index contributed by atoms with van der Waals surface area (Å²) in [5.74, 6) is 0.339. The molecule has 0 bridgehead atoms. The molecule has 1 aliphatic rings. The summed E-state index contributed by atoms with van der Waals surface area (Å²) in [4.78, 5) is 12.2. The molecule has 7 heteroatoms. The van der Waals surface area contributed by atoms with E-state index >= 15 is 0 Å². The van der Waals surface area contributed by atoms with Gasteiger partial charge in [0.25, 0.3) is 0 Å². The third kappa shape index (κ3) is 5.93. The molecule has 0 aliphatic carbocycles. The fourth-order valence-corrected chi connectivity index (χ4v) is 3.82. The molecular formula is C26H25F3N2O2. The van der Waals surface area contributed by atoms with Crippen molar-refractivity contribution in [2.24, 2.45) is 0 Å². The molecule has 0 radical (unpaired) electrons. The average molecular weight is 454 g/mol. The lowest BCUT2D eigenvalue weighted by Gasteiger charge is -2.16. The molecule has 0 aromatic heterocycles. The topological polar surface area (TPSA) is 50.4 Å². The van der Waals surface area contributed by atoms with E-state index in [1.807, 2.05) is 30.3 Å². The highest BCUT2D eigenvalue weighted by atomic mass is 19.4. The van der Waals surface area contributed by atoms with Gasteiger partial charge >= 0.3 is 6.18 Å². The first-order valence-corrected chi connectivity index (χ1v) is 10.9. The van der Waals surface area contributed by atoms with E-state index in [0.29, 0.717) is 23.4 Å². The van der Waals surface area contributed by atoms with E-state index in [9.17, 15) is 18.0 Å². The second-order valence-corrected chi connectivity index (χ2v) is 8.05. The van der Waals surface area contributed by atoms with Crippen molar-refractivity contribution in [1.29, 1.82) is 0 Å². The van der Waals surface area contributed by atoms with E-state index in [4.69, 9.17) is 4.74 Å². The molecule has 1 fully saturated rings. The third-order valence-corrected chi connectivity index (χ3v) is 5.65. The highest BCUT2D eigenvalue weighted by Crippen LogP contribution is 2.37. The number of hydrogen-bond donors (Lipinski definition) is 2. The van der Waals surface area contributed by atoms with E-state index in [1.165, 1.54) is 6.07 Å². The van der Waals surface area contributed by atoms with E-state index in [-0.39, 0.29) is 18.6 Å². The van der Waals surface area contributed by atoms with Crippen LogP contribution in [-0.4, -0.2) is 18.5 Å². The Labute approximate surface area is 190 Å². The number of carbonyl (C=O) groups is 1. The van der Waals surface area contributed by atoms with E-state index < -0.39 is 11.7 Å². The summed E-state index contributed by atoms with van der Waals surface area (Å²) in [5.41, 5.74) is 2.03. The lowest BCUT2D eigenvalue weighted by Crippen LogP contribution is -2.39. The van der Waals surface area contributed by atoms with Crippen LogP contribution < -0.4 is 15.4 Å². The summed E-state index contributed by atoms with van der Waals surface area (Å²) in [6.45, 7) is 1.45. The average Bonchev–Trinajstić information content (AvgIpc) is 3.37. The largest absolute Gasteiger partial charge is 0.488 e. The zero-order valence-electron chi connectivity index (χ0n) is 18.0. The van der Waals surface area contributed by atoms with Gasteiger partial charge in [-0.05, 0) is 54.3 Å². The first kappa shape index (κ1) is 22.9. The molecule has 1 aliphatic heterocycles. The van der Waals surface area contributed by atoms with Crippen LogP contribution in [0.3, 0.4) is 0 Å². The second-order valence-electron chi connectivity index (χ2n) is 8.05. The Balaban J connectivity index is 1.51. The summed E-state index contributed by atoms with van der Waals surface area (Å²) in [7, 11) is 0. The number of hydrogen-bond acceptors (Lipinski definition) is 3. The van der Waals surface area contributed by atoms with Crippen molar-refractivity contribution in [2.75, 3.05) is 6.54 Å². The molecule has 1 atom stereocenters. The van der Waals surface area contributed by atoms with Gasteiger partial charge in [-0.1, -0.05) is 54.6 Å². The van der Waals surface area contributed by atoms with Crippen LogP contribution in [0.5, 0.6) is 5.75 Å². The maximum Gasteiger partial charge on any atom is 0.416 e. The van der Waals surface area contributed by atoms with Crippen molar-refractivity contribution in [1.82, 2.24) is 10.6 Å². The summed E-state index contributed by atoms with van der Waals surface area (Å²) in [6, 6.07) is 19.9. The summed E-state index contributed by atoms with van der Waals surface area (Å²) in [5, 5.41) is 6.06. The fourth-order valence-electron chi connectivity index (χ4n) is 3.82. The molecule has 0 spiro atoms. The van der Waals surface area contributed by atoms with Gasteiger partial charge in [0.05, 0.1) is 11.6 Å². The van der Waals surface area contributed by atoms with Gasteiger partial charge in [0, 0.05) is 12.1 Å². The van der Waals surface area contributed by atoms with Gasteiger partial charge in [0.1, 0.15) is 12.4 Å². The van der Waals surface area contributed by atoms with Gasteiger partial charge in [0.15, 0.2) is 0 Å². The molecule has 1 heterocycles.